The van der Waals surface area contributed by atoms with Crippen LogP contribution in [0.3, 0.4) is 0 Å². The van der Waals surface area contributed by atoms with E-state index < -0.39 is 0 Å². The zero-order valence-electron chi connectivity index (χ0n) is 16.1. The van der Waals surface area contributed by atoms with E-state index in [2.05, 4.69) is 15.4 Å². The molecule has 2 aromatic heterocycles. The largest absolute Gasteiger partial charge is 0.360 e. The third kappa shape index (κ3) is 4.72. The lowest BCUT2D eigenvalue weighted by molar-refractivity contribution is 0.0617. The van der Waals surface area contributed by atoms with E-state index in [0.717, 1.165) is 24.5 Å². The number of hydrogen-bond acceptors (Lipinski definition) is 6. The van der Waals surface area contributed by atoms with Crippen LogP contribution >= 0.6 is 11.3 Å². The van der Waals surface area contributed by atoms with Gasteiger partial charge in [0, 0.05) is 43.5 Å². The molecule has 4 rings (SSSR count). The Bertz CT molecular complexity index is 974. The van der Waals surface area contributed by atoms with Gasteiger partial charge in [-0.15, -0.1) is 11.3 Å². The highest BCUT2D eigenvalue weighted by atomic mass is 32.1. The van der Waals surface area contributed by atoms with Gasteiger partial charge in [-0.1, -0.05) is 11.2 Å². The lowest BCUT2D eigenvalue weighted by Gasteiger charge is -2.34. The predicted octanol–water partition coefficient (Wildman–Crippen LogP) is 3.25. The number of amides is 2. The maximum absolute atomic E-state index is 12.8. The summed E-state index contributed by atoms with van der Waals surface area (Å²) in [6.07, 6.45) is 0. The second kappa shape index (κ2) is 8.59. The number of anilines is 1. The fourth-order valence-electron chi connectivity index (χ4n) is 3.30. The molecule has 1 aromatic carbocycles. The number of rotatable bonds is 5. The molecule has 3 aromatic rings. The number of thiophene rings is 1. The Morgan fingerprint density at radius 3 is 2.52 bits per heavy atom. The fourth-order valence-corrected chi connectivity index (χ4v) is 3.92. The van der Waals surface area contributed by atoms with Crippen LogP contribution in [0.25, 0.3) is 0 Å². The zero-order valence-corrected chi connectivity index (χ0v) is 16.9. The Balaban J connectivity index is 1.30. The van der Waals surface area contributed by atoms with Gasteiger partial charge in [0.05, 0.1) is 17.1 Å². The second-order valence-corrected chi connectivity index (χ2v) is 7.96. The van der Waals surface area contributed by atoms with Gasteiger partial charge in [0.15, 0.2) is 5.76 Å². The molecule has 1 aliphatic rings. The number of carbonyl (C=O) groups excluding carboxylic acids is 2. The molecule has 150 valence electrons. The molecule has 2 amide bonds. The van der Waals surface area contributed by atoms with Gasteiger partial charge in [-0.05, 0) is 42.6 Å². The van der Waals surface area contributed by atoms with Gasteiger partial charge < -0.3 is 14.7 Å². The molecule has 7 nitrogen and oxygen atoms in total. The third-order valence-corrected chi connectivity index (χ3v) is 5.72. The van der Waals surface area contributed by atoms with Crippen LogP contribution in [0.5, 0.6) is 0 Å². The summed E-state index contributed by atoms with van der Waals surface area (Å²) in [5.74, 6) is 0.718. The van der Waals surface area contributed by atoms with E-state index in [4.69, 9.17) is 4.52 Å². The molecule has 0 atom stereocenters. The molecule has 1 N–H and O–H groups in total. The van der Waals surface area contributed by atoms with Crippen molar-refractivity contribution in [2.45, 2.75) is 13.5 Å². The molecular formula is C21H22N4O3S. The van der Waals surface area contributed by atoms with Crippen LogP contribution in [0, 0.1) is 6.92 Å². The van der Waals surface area contributed by atoms with Gasteiger partial charge in [-0.3, -0.25) is 14.5 Å². The molecule has 0 radical (unpaired) electrons. The number of nitrogens with zero attached hydrogens (tertiary/aromatic N) is 3. The minimum atomic E-state index is -0.142. The molecule has 29 heavy (non-hydrogen) atoms. The molecular weight excluding hydrogens is 388 g/mol. The van der Waals surface area contributed by atoms with Crippen LogP contribution in [-0.2, 0) is 6.54 Å². The number of nitrogens with one attached hydrogen (secondary N) is 1. The van der Waals surface area contributed by atoms with Gasteiger partial charge in [0.25, 0.3) is 11.8 Å². The second-order valence-electron chi connectivity index (χ2n) is 7.01. The van der Waals surface area contributed by atoms with E-state index in [0.29, 0.717) is 35.8 Å². The van der Waals surface area contributed by atoms with Crippen molar-refractivity contribution in [2.24, 2.45) is 0 Å². The molecule has 1 aliphatic heterocycles. The molecule has 3 heterocycles. The van der Waals surface area contributed by atoms with E-state index >= 15 is 0 Å². The average molecular weight is 410 g/mol. The first-order valence-corrected chi connectivity index (χ1v) is 10.4. The first kappa shape index (κ1) is 19.4. The normalized spacial score (nSPS) is 14.7. The summed E-state index contributed by atoms with van der Waals surface area (Å²) >= 11 is 1.39. The van der Waals surface area contributed by atoms with Crippen molar-refractivity contribution in [1.82, 2.24) is 15.0 Å². The number of hydrogen-bond donors (Lipinski definition) is 1. The zero-order chi connectivity index (χ0) is 20.2. The summed E-state index contributed by atoms with van der Waals surface area (Å²) in [5, 5.41) is 8.62. The summed E-state index contributed by atoms with van der Waals surface area (Å²) in [7, 11) is 0. The first-order chi connectivity index (χ1) is 14.1. The smallest absolute Gasteiger partial charge is 0.265 e. The lowest BCUT2D eigenvalue weighted by atomic mass is 10.1. The van der Waals surface area contributed by atoms with Crippen LogP contribution in [0.1, 0.15) is 31.5 Å². The molecule has 8 heteroatoms. The van der Waals surface area contributed by atoms with Crippen molar-refractivity contribution >= 4 is 28.8 Å². The van der Waals surface area contributed by atoms with Gasteiger partial charge >= 0.3 is 0 Å². The van der Waals surface area contributed by atoms with Crippen molar-refractivity contribution in [3.8, 4) is 0 Å². The number of aromatic nitrogens is 1. The summed E-state index contributed by atoms with van der Waals surface area (Å²) < 4.78 is 5.27. The maximum atomic E-state index is 12.8. The van der Waals surface area contributed by atoms with Crippen LogP contribution < -0.4 is 5.32 Å². The summed E-state index contributed by atoms with van der Waals surface area (Å²) in [4.78, 5) is 29.7. The average Bonchev–Trinajstić information content (AvgIpc) is 3.41. The minimum absolute atomic E-state index is 0.0105. The van der Waals surface area contributed by atoms with Crippen molar-refractivity contribution in [1.29, 1.82) is 0 Å². The summed E-state index contributed by atoms with van der Waals surface area (Å²) in [6, 6.07) is 12.6. The Hall–Kier alpha value is -2.97. The lowest BCUT2D eigenvalue weighted by Crippen LogP contribution is -2.48. The van der Waals surface area contributed by atoms with Gasteiger partial charge in [0.2, 0.25) is 0 Å². The molecule has 1 saturated heterocycles. The van der Waals surface area contributed by atoms with E-state index in [-0.39, 0.29) is 11.8 Å². The van der Waals surface area contributed by atoms with Crippen molar-refractivity contribution < 1.29 is 14.1 Å². The Morgan fingerprint density at radius 2 is 1.90 bits per heavy atom. The highest BCUT2D eigenvalue weighted by molar-refractivity contribution is 7.12. The molecule has 0 spiro atoms. The minimum Gasteiger partial charge on any atom is -0.360 e. The number of aryl methyl sites for hydroxylation is 1. The number of carbonyl (C=O) groups is 2. The van der Waals surface area contributed by atoms with Crippen molar-refractivity contribution in [2.75, 3.05) is 31.5 Å². The number of piperazine rings is 1. The third-order valence-electron chi connectivity index (χ3n) is 4.85. The monoisotopic (exact) mass is 410 g/mol. The van der Waals surface area contributed by atoms with E-state index in [9.17, 15) is 9.59 Å². The number of benzene rings is 1. The highest BCUT2D eigenvalue weighted by Crippen LogP contribution is 2.16. The Kier molecular flexibility index (Phi) is 5.73. The molecule has 0 unspecified atom stereocenters. The predicted molar refractivity (Wildman–Crippen MR) is 111 cm³/mol. The summed E-state index contributed by atoms with van der Waals surface area (Å²) in [6.45, 7) is 5.54. The van der Waals surface area contributed by atoms with Crippen molar-refractivity contribution in [3.63, 3.8) is 0 Å². The quantitative estimate of drug-likeness (QED) is 0.699. The van der Waals surface area contributed by atoms with E-state index in [1.807, 2.05) is 29.3 Å². The first-order valence-electron chi connectivity index (χ1n) is 9.47. The van der Waals surface area contributed by atoms with Crippen LogP contribution in [0.4, 0.5) is 5.69 Å². The SMILES string of the molecule is Cc1cc(CN2CCN(C(=O)c3ccc(NC(=O)c4cccs4)cc3)CC2)on1. The molecule has 1 fully saturated rings. The topological polar surface area (TPSA) is 78.7 Å². The van der Waals surface area contributed by atoms with Crippen LogP contribution in [0.2, 0.25) is 0 Å². The van der Waals surface area contributed by atoms with Crippen molar-refractivity contribution in [3.05, 3.63) is 69.7 Å². The maximum Gasteiger partial charge on any atom is 0.265 e. The Morgan fingerprint density at radius 1 is 1.14 bits per heavy atom. The van der Waals surface area contributed by atoms with Gasteiger partial charge in [0.1, 0.15) is 0 Å². The van der Waals surface area contributed by atoms with Crippen LogP contribution in [0.15, 0.2) is 52.4 Å². The molecule has 0 saturated carbocycles. The van der Waals surface area contributed by atoms with E-state index in [1.165, 1.54) is 11.3 Å². The molecule has 0 aliphatic carbocycles. The standard InChI is InChI=1S/C21H22N4O3S/c1-15-13-18(28-23-15)14-24-8-10-25(11-9-24)21(27)16-4-6-17(7-5-16)22-20(26)19-3-2-12-29-19/h2-7,12-13H,8-11,14H2,1H3,(H,22,26). The van der Waals surface area contributed by atoms with E-state index in [1.54, 1.807) is 30.3 Å². The summed E-state index contributed by atoms with van der Waals surface area (Å²) in [5.41, 5.74) is 2.18. The highest BCUT2D eigenvalue weighted by Gasteiger charge is 2.23. The van der Waals surface area contributed by atoms with Gasteiger partial charge in [-0.25, -0.2) is 0 Å². The van der Waals surface area contributed by atoms with Gasteiger partial charge in [-0.2, -0.15) is 0 Å². The fraction of sp³-hybridized carbons (Fsp3) is 0.286. The van der Waals surface area contributed by atoms with Crippen LogP contribution in [-0.4, -0.2) is 52.9 Å². The Labute approximate surface area is 172 Å². The molecule has 0 bridgehead atoms.